The van der Waals surface area contributed by atoms with Crippen molar-refractivity contribution in [2.45, 2.75) is 32.1 Å². The fourth-order valence-corrected chi connectivity index (χ4v) is 4.23. The van der Waals surface area contributed by atoms with Gasteiger partial charge in [0.05, 0.1) is 12.9 Å². The molecule has 2 aliphatic heterocycles. The van der Waals surface area contributed by atoms with Crippen molar-refractivity contribution in [1.29, 1.82) is 0 Å². The molecular formula is C23H30ClN3O2. The van der Waals surface area contributed by atoms with Gasteiger partial charge in [-0.25, -0.2) is 4.99 Å². The van der Waals surface area contributed by atoms with Crippen LogP contribution in [0.2, 0.25) is 5.02 Å². The van der Waals surface area contributed by atoms with Crippen LogP contribution < -0.4 is 0 Å². The van der Waals surface area contributed by atoms with E-state index in [1.807, 2.05) is 36.1 Å². The summed E-state index contributed by atoms with van der Waals surface area (Å²) in [4.78, 5) is 21.4. The van der Waals surface area contributed by atoms with E-state index in [4.69, 9.17) is 16.3 Å². The quantitative estimate of drug-likeness (QED) is 0.391. The van der Waals surface area contributed by atoms with Crippen LogP contribution in [0, 0.1) is 5.92 Å². The number of amides is 1. The summed E-state index contributed by atoms with van der Waals surface area (Å²) in [6.45, 7) is 8.86. The maximum atomic E-state index is 13.0. The maximum Gasteiger partial charge on any atom is 0.225 e. The molecule has 6 heteroatoms. The molecule has 0 aliphatic carbocycles. The second-order valence-corrected chi connectivity index (χ2v) is 8.18. The number of carbonyl (C=O) groups is 1. The van der Waals surface area contributed by atoms with E-state index < -0.39 is 0 Å². The van der Waals surface area contributed by atoms with Gasteiger partial charge in [-0.1, -0.05) is 23.7 Å². The van der Waals surface area contributed by atoms with Crippen LogP contribution in [0.4, 0.5) is 0 Å². The van der Waals surface area contributed by atoms with E-state index in [0.29, 0.717) is 11.8 Å². The lowest BCUT2D eigenvalue weighted by Crippen LogP contribution is -2.41. The fourth-order valence-electron chi connectivity index (χ4n) is 4.10. The normalized spacial score (nSPS) is 21.4. The number of allylic oxidation sites excluding steroid dienone is 3. The molecule has 0 N–H and O–H groups in total. The van der Waals surface area contributed by atoms with Crippen molar-refractivity contribution in [3.8, 4) is 0 Å². The highest BCUT2D eigenvalue weighted by atomic mass is 35.5. The summed E-state index contributed by atoms with van der Waals surface area (Å²) in [5.41, 5.74) is 1.27. The van der Waals surface area contributed by atoms with Crippen molar-refractivity contribution < 1.29 is 9.53 Å². The average molecular weight is 416 g/mol. The van der Waals surface area contributed by atoms with Gasteiger partial charge in [0.2, 0.25) is 5.91 Å². The third-order valence-electron chi connectivity index (χ3n) is 5.96. The van der Waals surface area contributed by atoms with E-state index in [-0.39, 0.29) is 5.92 Å². The SMILES string of the molecule is C=N/C(=C\C=C(/C)OC)N1CCC(C(=O)N2CCC(c3ccc(Cl)cc3)C2)CC1. The van der Waals surface area contributed by atoms with Gasteiger partial charge >= 0.3 is 0 Å². The average Bonchev–Trinajstić information content (AvgIpc) is 3.24. The van der Waals surface area contributed by atoms with E-state index in [9.17, 15) is 4.79 Å². The topological polar surface area (TPSA) is 45.1 Å². The number of hydrogen-bond acceptors (Lipinski definition) is 4. The lowest BCUT2D eigenvalue weighted by atomic mass is 9.95. The number of methoxy groups -OCH3 is 1. The predicted octanol–water partition coefficient (Wildman–Crippen LogP) is 4.46. The molecule has 2 aliphatic rings. The highest BCUT2D eigenvalue weighted by molar-refractivity contribution is 6.30. The summed E-state index contributed by atoms with van der Waals surface area (Å²) in [5, 5.41) is 0.752. The van der Waals surface area contributed by atoms with Crippen molar-refractivity contribution in [1.82, 2.24) is 9.80 Å². The number of halogens is 1. The molecule has 0 bridgehead atoms. The van der Waals surface area contributed by atoms with Crippen LogP contribution in [0.3, 0.4) is 0 Å². The Morgan fingerprint density at radius 3 is 2.41 bits per heavy atom. The first kappa shape index (κ1) is 21.4. The van der Waals surface area contributed by atoms with Crippen LogP contribution >= 0.6 is 11.6 Å². The Bertz CT molecular complexity index is 780. The van der Waals surface area contributed by atoms with Crippen molar-refractivity contribution in [3.63, 3.8) is 0 Å². The standard InChI is InChI=1S/C23H30ClN3O2/c1-17(29-3)4-9-22(25-2)26-13-10-19(11-14-26)23(28)27-15-12-20(16-27)18-5-7-21(24)8-6-18/h4-9,19-20H,2,10-16H2,1,3H3/b17-4+,22-9+. The molecule has 0 radical (unpaired) electrons. The Labute approximate surface area is 178 Å². The number of hydrogen-bond donors (Lipinski definition) is 0. The minimum atomic E-state index is 0.0949. The molecule has 2 heterocycles. The summed E-state index contributed by atoms with van der Waals surface area (Å²) in [6.07, 6.45) is 6.53. The molecule has 1 amide bonds. The van der Waals surface area contributed by atoms with Crippen LogP contribution in [0.25, 0.3) is 0 Å². The maximum absolute atomic E-state index is 13.0. The largest absolute Gasteiger partial charge is 0.501 e. The number of benzene rings is 1. The van der Waals surface area contributed by atoms with Gasteiger partial charge in [0.15, 0.2) is 0 Å². The van der Waals surface area contributed by atoms with E-state index >= 15 is 0 Å². The van der Waals surface area contributed by atoms with E-state index in [0.717, 1.165) is 62.0 Å². The third-order valence-corrected chi connectivity index (χ3v) is 6.21. The molecule has 1 aromatic carbocycles. The fraction of sp³-hybridized carbons (Fsp3) is 0.478. The number of piperidine rings is 1. The van der Waals surface area contributed by atoms with Gasteiger partial charge in [-0.3, -0.25) is 4.79 Å². The number of carbonyl (C=O) groups excluding carboxylic acids is 1. The molecule has 0 aromatic heterocycles. The van der Waals surface area contributed by atoms with Gasteiger partial charge in [-0.15, -0.1) is 0 Å². The van der Waals surface area contributed by atoms with Gasteiger partial charge in [-0.2, -0.15) is 0 Å². The lowest BCUT2D eigenvalue weighted by molar-refractivity contribution is -0.135. The van der Waals surface area contributed by atoms with Crippen molar-refractivity contribution in [2.75, 3.05) is 33.3 Å². The van der Waals surface area contributed by atoms with E-state index in [2.05, 4.69) is 28.7 Å². The zero-order valence-corrected chi connectivity index (χ0v) is 18.1. The third kappa shape index (κ3) is 5.41. The van der Waals surface area contributed by atoms with Gasteiger partial charge in [0.1, 0.15) is 5.82 Å². The molecular weight excluding hydrogens is 386 g/mol. The highest BCUT2D eigenvalue weighted by Gasteiger charge is 2.33. The minimum Gasteiger partial charge on any atom is -0.501 e. The monoisotopic (exact) mass is 415 g/mol. The first-order chi connectivity index (χ1) is 14.0. The van der Waals surface area contributed by atoms with Gasteiger partial charge in [0, 0.05) is 43.0 Å². The molecule has 0 saturated carbocycles. The van der Waals surface area contributed by atoms with Crippen LogP contribution in [0.1, 0.15) is 37.7 Å². The molecule has 1 aromatic rings. The number of rotatable bonds is 6. The smallest absolute Gasteiger partial charge is 0.225 e. The Hall–Kier alpha value is -2.27. The summed E-state index contributed by atoms with van der Waals surface area (Å²) < 4.78 is 5.16. The van der Waals surface area contributed by atoms with E-state index in [1.54, 1.807) is 7.11 Å². The molecule has 0 spiro atoms. The molecule has 3 rings (SSSR count). The summed E-state index contributed by atoms with van der Waals surface area (Å²) in [5.74, 6) is 2.45. The number of ether oxygens (including phenoxy) is 1. The zero-order chi connectivity index (χ0) is 20.8. The second-order valence-electron chi connectivity index (χ2n) is 7.75. The Kier molecular flexibility index (Phi) is 7.37. The minimum absolute atomic E-state index is 0.0949. The Morgan fingerprint density at radius 1 is 1.14 bits per heavy atom. The first-order valence-corrected chi connectivity index (χ1v) is 10.6. The van der Waals surface area contributed by atoms with Crippen LogP contribution in [0.15, 0.2) is 53.0 Å². The Morgan fingerprint density at radius 2 is 1.79 bits per heavy atom. The number of likely N-dealkylation sites (tertiary alicyclic amines) is 2. The van der Waals surface area contributed by atoms with Gasteiger partial charge in [0.25, 0.3) is 0 Å². The van der Waals surface area contributed by atoms with Gasteiger partial charge < -0.3 is 14.5 Å². The summed E-state index contributed by atoms with van der Waals surface area (Å²) >= 11 is 5.99. The van der Waals surface area contributed by atoms with Crippen LogP contribution in [-0.4, -0.2) is 55.7 Å². The molecule has 1 unspecified atom stereocenters. The Balaban J connectivity index is 1.53. The molecule has 2 saturated heterocycles. The van der Waals surface area contributed by atoms with Crippen molar-refractivity contribution in [3.05, 3.63) is 58.6 Å². The second kappa shape index (κ2) is 9.97. The predicted molar refractivity (Wildman–Crippen MR) is 118 cm³/mol. The summed E-state index contributed by atoms with van der Waals surface area (Å²) in [6, 6.07) is 8.02. The van der Waals surface area contributed by atoms with E-state index in [1.165, 1.54) is 5.56 Å². The zero-order valence-electron chi connectivity index (χ0n) is 17.3. The summed E-state index contributed by atoms with van der Waals surface area (Å²) in [7, 11) is 1.65. The molecule has 29 heavy (non-hydrogen) atoms. The number of nitrogens with zero attached hydrogens (tertiary/aromatic N) is 3. The molecule has 5 nitrogen and oxygen atoms in total. The lowest BCUT2D eigenvalue weighted by Gasteiger charge is -2.34. The highest BCUT2D eigenvalue weighted by Crippen LogP contribution is 2.31. The van der Waals surface area contributed by atoms with Gasteiger partial charge in [-0.05, 0) is 62.8 Å². The van der Waals surface area contributed by atoms with Crippen molar-refractivity contribution >= 4 is 24.2 Å². The molecule has 156 valence electrons. The van der Waals surface area contributed by atoms with Crippen LogP contribution in [0.5, 0.6) is 0 Å². The van der Waals surface area contributed by atoms with Crippen molar-refractivity contribution in [2.24, 2.45) is 10.9 Å². The first-order valence-electron chi connectivity index (χ1n) is 10.2. The molecule has 1 atom stereocenters. The number of aliphatic imine (C=N–C) groups is 1. The molecule has 2 fully saturated rings. The van der Waals surface area contributed by atoms with Crippen LogP contribution in [-0.2, 0) is 9.53 Å².